The van der Waals surface area contributed by atoms with Gasteiger partial charge in [0.2, 0.25) is 20.3 Å². The molecular formula is C41H41BrCl2N4O7SSi. The standard InChI is InChI=1S/C41H41BrCl2N4O7SSi/c1-21-30(22(2)34(44)35(49)33(21)43)31-32-38(46-20-47-39(32)56-36(31)42)54-29(40(50)51)18-23-17-25(55-57(7,8)41(3,4)5)13-14-27(23)53-19-24-15-16-45-37(48-24)26-11-9-10-12-28(26)52-6/h9-17,20,29,49H,18-19H2,1-8H3,(H,50,51)/t29-/m1/s1. The summed E-state index contributed by atoms with van der Waals surface area (Å²) in [6, 6.07) is 14.7. The number of hydrogen-bond acceptors (Lipinski definition) is 11. The number of aliphatic carboxylic acids is 1. The Kier molecular flexibility index (Phi) is 12.4. The minimum Gasteiger partial charge on any atom is -0.543 e. The normalized spacial score (nSPS) is 12.4. The average molecular weight is 913 g/mol. The Hall–Kier alpha value is -4.47. The van der Waals surface area contributed by atoms with E-state index in [-0.39, 0.29) is 39.7 Å². The number of aromatic hydroxyl groups is 1. The highest BCUT2D eigenvalue weighted by Crippen LogP contribution is 2.51. The molecule has 57 heavy (non-hydrogen) atoms. The second kappa shape index (κ2) is 16.8. The van der Waals surface area contributed by atoms with E-state index in [0.29, 0.717) is 70.6 Å². The molecule has 6 aromatic rings. The average Bonchev–Trinajstić information content (AvgIpc) is 3.51. The summed E-state index contributed by atoms with van der Waals surface area (Å²) >= 11 is 18.0. The zero-order valence-corrected chi connectivity index (χ0v) is 37.4. The van der Waals surface area contributed by atoms with E-state index in [4.69, 9.17) is 46.8 Å². The van der Waals surface area contributed by atoms with Gasteiger partial charge in [-0.25, -0.2) is 24.7 Å². The number of fused-ring (bicyclic) bond motifs is 1. The molecule has 0 aliphatic rings. The molecule has 0 aliphatic carbocycles. The van der Waals surface area contributed by atoms with Crippen LogP contribution in [0.5, 0.6) is 28.9 Å². The molecule has 298 valence electrons. The fourth-order valence-corrected chi connectivity index (χ4v) is 9.16. The van der Waals surface area contributed by atoms with Crippen LogP contribution in [0, 0.1) is 13.8 Å². The molecule has 16 heteroatoms. The van der Waals surface area contributed by atoms with Gasteiger partial charge in [0.25, 0.3) is 0 Å². The lowest BCUT2D eigenvalue weighted by Gasteiger charge is -2.36. The SMILES string of the molecule is COc1ccccc1-c1nccc(COc2ccc(O[Si](C)(C)C(C)(C)C)cc2C[C@@H](Oc2ncnc3sc(Br)c(-c4c(C)c(Cl)c(O)c(Cl)c4C)c23)C(=O)O)n1. The highest BCUT2D eigenvalue weighted by Gasteiger charge is 2.39. The molecular weight excluding hydrogens is 871 g/mol. The molecule has 1 atom stereocenters. The van der Waals surface area contributed by atoms with Gasteiger partial charge in [-0.1, -0.05) is 56.1 Å². The van der Waals surface area contributed by atoms with Crippen molar-refractivity contribution in [2.24, 2.45) is 0 Å². The Balaban J connectivity index is 1.38. The predicted octanol–water partition coefficient (Wildman–Crippen LogP) is 11.3. The molecule has 0 amide bonds. The fraction of sp³-hybridized carbons (Fsp3) is 0.293. The molecule has 0 fully saturated rings. The second-order valence-corrected chi connectivity index (χ2v) is 22.7. The molecule has 0 bridgehead atoms. The number of rotatable bonds is 13. The monoisotopic (exact) mass is 910 g/mol. The lowest BCUT2D eigenvalue weighted by atomic mass is 9.95. The van der Waals surface area contributed by atoms with Crippen LogP contribution >= 0.6 is 50.5 Å². The topological polar surface area (TPSA) is 146 Å². The van der Waals surface area contributed by atoms with Gasteiger partial charge in [-0.2, -0.15) is 0 Å². The van der Waals surface area contributed by atoms with E-state index in [1.807, 2.05) is 36.4 Å². The number of carboxylic acid groups (broad SMARTS) is 1. The number of nitrogens with zero attached hydrogens (tertiary/aromatic N) is 4. The number of carbonyl (C=O) groups is 1. The van der Waals surface area contributed by atoms with Crippen molar-refractivity contribution >= 4 is 75.0 Å². The van der Waals surface area contributed by atoms with Crippen molar-refractivity contribution in [3.63, 3.8) is 0 Å². The number of ether oxygens (including phenoxy) is 3. The van der Waals surface area contributed by atoms with Crippen molar-refractivity contribution in [1.82, 2.24) is 19.9 Å². The Morgan fingerprint density at radius 2 is 1.68 bits per heavy atom. The van der Waals surface area contributed by atoms with Crippen LogP contribution in [0.1, 0.15) is 43.2 Å². The van der Waals surface area contributed by atoms with Crippen LogP contribution in [-0.2, 0) is 17.8 Å². The number of benzene rings is 3. The Morgan fingerprint density at radius 1 is 0.982 bits per heavy atom. The highest BCUT2D eigenvalue weighted by atomic mass is 79.9. The Morgan fingerprint density at radius 3 is 2.35 bits per heavy atom. The summed E-state index contributed by atoms with van der Waals surface area (Å²) in [7, 11) is -0.692. The van der Waals surface area contributed by atoms with E-state index in [9.17, 15) is 15.0 Å². The highest BCUT2D eigenvalue weighted by molar-refractivity contribution is 9.11. The molecule has 11 nitrogen and oxygen atoms in total. The van der Waals surface area contributed by atoms with Crippen LogP contribution in [0.3, 0.4) is 0 Å². The summed E-state index contributed by atoms with van der Waals surface area (Å²) in [4.78, 5) is 31.7. The Bertz CT molecular complexity index is 2470. The van der Waals surface area contributed by atoms with E-state index in [0.717, 1.165) is 5.56 Å². The van der Waals surface area contributed by atoms with E-state index < -0.39 is 20.4 Å². The number of methoxy groups -OCH3 is 1. The summed E-state index contributed by atoms with van der Waals surface area (Å²) in [5.74, 6) is 0.734. The van der Waals surface area contributed by atoms with Gasteiger partial charge in [-0.15, -0.1) is 11.3 Å². The third-order valence-electron chi connectivity index (χ3n) is 10.1. The first-order valence-corrected chi connectivity index (χ1v) is 23.1. The van der Waals surface area contributed by atoms with Gasteiger partial charge in [0.15, 0.2) is 11.6 Å². The van der Waals surface area contributed by atoms with Gasteiger partial charge in [0.05, 0.1) is 37.6 Å². The van der Waals surface area contributed by atoms with Crippen molar-refractivity contribution in [2.45, 2.75) is 71.9 Å². The number of carboxylic acids is 1. The number of thiophene rings is 1. The number of para-hydroxylation sites is 1. The van der Waals surface area contributed by atoms with E-state index in [2.05, 4.69) is 64.7 Å². The molecule has 3 heterocycles. The molecule has 0 aliphatic heterocycles. The molecule has 3 aromatic carbocycles. The third kappa shape index (κ3) is 8.70. The van der Waals surface area contributed by atoms with E-state index >= 15 is 0 Å². The van der Waals surface area contributed by atoms with Gasteiger partial charge >= 0.3 is 5.97 Å². The first-order chi connectivity index (χ1) is 26.9. The van der Waals surface area contributed by atoms with Crippen molar-refractivity contribution in [3.05, 3.63) is 97.3 Å². The van der Waals surface area contributed by atoms with Crippen LogP contribution in [-0.4, -0.2) is 57.6 Å². The van der Waals surface area contributed by atoms with Crippen LogP contribution in [0.4, 0.5) is 0 Å². The molecule has 0 spiro atoms. The third-order valence-corrected chi connectivity index (χ3v) is 17.1. The second-order valence-electron chi connectivity index (χ2n) is 14.9. The van der Waals surface area contributed by atoms with Crippen LogP contribution < -0.4 is 18.6 Å². The summed E-state index contributed by atoms with van der Waals surface area (Å²) in [5.41, 5.74) is 4.26. The van der Waals surface area contributed by atoms with Gasteiger partial charge < -0.3 is 28.8 Å². The Labute approximate surface area is 354 Å². The summed E-state index contributed by atoms with van der Waals surface area (Å²) in [5, 5.41) is 21.8. The van der Waals surface area contributed by atoms with Gasteiger partial charge in [0, 0.05) is 23.7 Å². The number of hydrogen-bond donors (Lipinski definition) is 2. The summed E-state index contributed by atoms with van der Waals surface area (Å²) < 4.78 is 25.5. The molecule has 2 N–H and O–H groups in total. The molecule has 3 aromatic heterocycles. The van der Waals surface area contributed by atoms with Crippen molar-refractivity contribution in [2.75, 3.05) is 7.11 Å². The first kappa shape index (κ1) is 42.1. The molecule has 0 saturated carbocycles. The van der Waals surface area contributed by atoms with Crippen LogP contribution in [0.2, 0.25) is 28.2 Å². The smallest absolute Gasteiger partial charge is 0.345 e. The van der Waals surface area contributed by atoms with Crippen molar-refractivity contribution in [3.8, 4) is 51.4 Å². The quantitative estimate of drug-likeness (QED) is 0.107. The minimum atomic E-state index is -2.28. The van der Waals surface area contributed by atoms with Crippen molar-refractivity contribution in [1.29, 1.82) is 0 Å². The number of phenolic OH excluding ortho intramolecular Hbond substituents is 1. The zero-order valence-electron chi connectivity index (χ0n) is 32.5. The number of halogens is 3. The van der Waals surface area contributed by atoms with Crippen molar-refractivity contribution < 1.29 is 33.6 Å². The van der Waals surface area contributed by atoms with Gasteiger partial charge in [-0.05, 0) is 101 Å². The minimum absolute atomic E-state index is 0.0458. The maximum atomic E-state index is 13.1. The zero-order chi connectivity index (χ0) is 41.4. The molecule has 0 radical (unpaired) electrons. The lowest BCUT2D eigenvalue weighted by Crippen LogP contribution is -2.43. The van der Waals surface area contributed by atoms with E-state index in [1.165, 1.54) is 17.7 Å². The maximum absolute atomic E-state index is 13.1. The lowest BCUT2D eigenvalue weighted by molar-refractivity contribution is -0.145. The first-order valence-electron chi connectivity index (χ1n) is 17.8. The maximum Gasteiger partial charge on any atom is 0.345 e. The fourth-order valence-electron chi connectivity index (χ4n) is 5.99. The predicted molar refractivity (Wildman–Crippen MR) is 230 cm³/mol. The van der Waals surface area contributed by atoms with Gasteiger partial charge in [-0.3, -0.25) is 0 Å². The largest absolute Gasteiger partial charge is 0.543 e. The van der Waals surface area contributed by atoms with Gasteiger partial charge in [0.1, 0.15) is 35.0 Å². The molecule has 0 unspecified atom stereocenters. The van der Waals surface area contributed by atoms with Crippen LogP contribution in [0.25, 0.3) is 32.7 Å². The number of phenols is 1. The van der Waals surface area contributed by atoms with Crippen LogP contribution in [0.15, 0.2) is 64.8 Å². The molecule has 0 saturated heterocycles. The molecule has 6 rings (SSSR count). The summed E-state index contributed by atoms with van der Waals surface area (Å²) in [6.45, 7) is 14.3. The van der Waals surface area contributed by atoms with E-state index in [1.54, 1.807) is 39.3 Å². The number of aromatic nitrogens is 4. The summed E-state index contributed by atoms with van der Waals surface area (Å²) in [6.07, 6.45) is 1.44.